The lowest BCUT2D eigenvalue weighted by atomic mass is 9.94. The molecule has 2 aromatic heterocycles. The molecule has 7 nitrogen and oxygen atoms in total. The molecule has 4 N–H and O–H groups in total. The van der Waals surface area contributed by atoms with Gasteiger partial charge in [-0.25, -0.2) is 4.98 Å². The number of pyridine rings is 1. The van der Waals surface area contributed by atoms with Crippen LogP contribution >= 0.6 is 0 Å². The summed E-state index contributed by atoms with van der Waals surface area (Å²) in [5.41, 5.74) is 8.07. The Balaban J connectivity index is 2.38. The lowest BCUT2D eigenvalue weighted by molar-refractivity contribution is -0.119. The van der Waals surface area contributed by atoms with Crippen LogP contribution in [-0.2, 0) is 11.2 Å². The normalized spacial score (nSPS) is 13.4. The van der Waals surface area contributed by atoms with E-state index in [9.17, 15) is 4.79 Å². The van der Waals surface area contributed by atoms with E-state index in [1.54, 1.807) is 0 Å². The summed E-state index contributed by atoms with van der Waals surface area (Å²) in [6.07, 6.45) is 5.72. The first-order valence-corrected chi connectivity index (χ1v) is 8.81. The standard InChI is InChI=1S/C18H28N6O/c1-5-7-8-18(4,11-21-12(3)25)24-16-15-14(22-17(19)23-16)9-13(6-2)10-20-15/h9-10H,5-8,11H2,1-4H3,(H,21,25)(H3,19,22,23,24). The predicted molar refractivity (Wildman–Crippen MR) is 101 cm³/mol. The van der Waals surface area contributed by atoms with E-state index in [-0.39, 0.29) is 17.4 Å². The molecular weight excluding hydrogens is 316 g/mol. The van der Waals surface area contributed by atoms with Crippen LogP contribution in [0, 0.1) is 0 Å². The number of fused-ring (bicyclic) bond motifs is 1. The highest BCUT2D eigenvalue weighted by molar-refractivity contribution is 5.86. The molecule has 0 fully saturated rings. The average molecular weight is 344 g/mol. The highest BCUT2D eigenvalue weighted by Crippen LogP contribution is 2.25. The molecule has 7 heteroatoms. The molecule has 0 saturated heterocycles. The van der Waals surface area contributed by atoms with Crippen molar-refractivity contribution in [2.75, 3.05) is 17.6 Å². The zero-order valence-electron chi connectivity index (χ0n) is 15.5. The molecule has 136 valence electrons. The minimum atomic E-state index is -0.347. The number of hydrogen-bond donors (Lipinski definition) is 3. The minimum absolute atomic E-state index is 0.0534. The smallest absolute Gasteiger partial charge is 0.222 e. The van der Waals surface area contributed by atoms with Crippen molar-refractivity contribution in [1.29, 1.82) is 0 Å². The zero-order valence-corrected chi connectivity index (χ0v) is 15.5. The van der Waals surface area contributed by atoms with Gasteiger partial charge in [0, 0.05) is 19.7 Å². The summed E-state index contributed by atoms with van der Waals surface area (Å²) in [4.78, 5) is 24.5. The molecule has 0 aromatic carbocycles. The lowest BCUT2D eigenvalue weighted by Gasteiger charge is -2.32. The third kappa shape index (κ3) is 5.01. The summed E-state index contributed by atoms with van der Waals surface area (Å²) in [6.45, 7) is 8.31. The Bertz CT molecular complexity index is 748. The number of aryl methyl sites for hydroxylation is 1. The van der Waals surface area contributed by atoms with E-state index < -0.39 is 0 Å². The van der Waals surface area contributed by atoms with Gasteiger partial charge in [0.05, 0.1) is 11.1 Å². The fourth-order valence-corrected chi connectivity index (χ4v) is 2.73. The van der Waals surface area contributed by atoms with Gasteiger partial charge < -0.3 is 16.4 Å². The number of aromatic nitrogens is 3. The van der Waals surface area contributed by atoms with Crippen molar-refractivity contribution in [1.82, 2.24) is 20.3 Å². The largest absolute Gasteiger partial charge is 0.368 e. The molecule has 2 heterocycles. The van der Waals surface area contributed by atoms with Gasteiger partial charge in [-0.05, 0) is 31.4 Å². The third-order valence-corrected chi connectivity index (χ3v) is 4.25. The Labute approximate surface area is 148 Å². The quantitative estimate of drug-likeness (QED) is 0.680. The second-order valence-corrected chi connectivity index (χ2v) is 6.69. The first-order chi connectivity index (χ1) is 11.9. The van der Waals surface area contributed by atoms with Crippen LogP contribution in [0.15, 0.2) is 12.3 Å². The Kier molecular flexibility index (Phi) is 6.12. The first kappa shape index (κ1) is 18.9. The van der Waals surface area contributed by atoms with E-state index in [2.05, 4.69) is 46.4 Å². The molecule has 25 heavy (non-hydrogen) atoms. The number of carbonyl (C=O) groups is 1. The number of amides is 1. The second kappa shape index (κ2) is 8.09. The monoisotopic (exact) mass is 344 g/mol. The van der Waals surface area contributed by atoms with E-state index in [0.717, 1.165) is 36.8 Å². The molecule has 1 atom stereocenters. The van der Waals surface area contributed by atoms with E-state index in [0.29, 0.717) is 17.9 Å². The summed E-state index contributed by atoms with van der Waals surface area (Å²) in [7, 11) is 0. The van der Waals surface area contributed by atoms with Crippen LogP contribution in [0.1, 0.15) is 52.5 Å². The van der Waals surface area contributed by atoms with Gasteiger partial charge in [0.25, 0.3) is 0 Å². The Hall–Kier alpha value is -2.44. The van der Waals surface area contributed by atoms with Crippen molar-refractivity contribution in [3.8, 4) is 0 Å². The number of rotatable bonds is 8. The van der Waals surface area contributed by atoms with Gasteiger partial charge in [0.2, 0.25) is 11.9 Å². The Morgan fingerprint density at radius 3 is 2.72 bits per heavy atom. The molecule has 1 unspecified atom stereocenters. The number of hydrogen-bond acceptors (Lipinski definition) is 6. The molecular formula is C18H28N6O. The molecule has 1 amide bonds. The fourth-order valence-electron chi connectivity index (χ4n) is 2.73. The van der Waals surface area contributed by atoms with Gasteiger partial charge in [0.1, 0.15) is 5.52 Å². The Morgan fingerprint density at radius 1 is 1.32 bits per heavy atom. The lowest BCUT2D eigenvalue weighted by Crippen LogP contribution is -2.46. The molecule has 0 radical (unpaired) electrons. The van der Waals surface area contributed by atoms with Crippen LogP contribution in [0.5, 0.6) is 0 Å². The van der Waals surface area contributed by atoms with E-state index in [1.807, 2.05) is 12.3 Å². The molecule has 0 aliphatic heterocycles. The van der Waals surface area contributed by atoms with E-state index in [4.69, 9.17) is 5.73 Å². The number of anilines is 2. The summed E-state index contributed by atoms with van der Waals surface area (Å²) in [5.74, 6) is 0.763. The van der Waals surface area contributed by atoms with Crippen molar-refractivity contribution in [3.05, 3.63) is 17.8 Å². The summed E-state index contributed by atoms with van der Waals surface area (Å²) < 4.78 is 0. The van der Waals surface area contributed by atoms with Crippen LogP contribution in [0.2, 0.25) is 0 Å². The number of carbonyl (C=O) groups excluding carboxylic acids is 1. The average Bonchev–Trinajstić information content (AvgIpc) is 2.57. The fraction of sp³-hybridized carbons (Fsp3) is 0.556. The van der Waals surface area contributed by atoms with Crippen LogP contribution in [0.25, 0.3) is 11.0 Å². The first-order valence-electron chi connectivity index (χ1n) is 8.81. The summed E-state index contributed by atoms with van der Waals surface area (Å²) in [5, 5.41) is 6.36. The third-order valence-electron chi connectivity index (χ3n) is 4.25. The van der Waals surface area contributed by atoms with E-state index >= 15 is 0 Å². The van der Waals surface area contributed by atoms with Crippen molar-refractivity contribution in [3.63, 3.8) is 0 Å². The topological polar surface area (TPSA) is 106 Å². The maximum atomic E-state index is 11.4. The number of nitrogens with one attached hydrogen (secondary N) is 2. The van der Waals surface area contributed by atoms with Gasteiger partial charge in [-0.15, -0.1) is 0 Å². The van der Waals surface area contributed by atoms with Gasteiger partial charge >= 0.3 is 0 Å². The van der Waals surface area contributed by atoms with Gasteiger partial charge in [-0.3, -0.25) is 9.78 Å². The van der Waals surface area contributed by atoms with Crippen molar-refractivity contribution < 1.29 is 4.79 Å². The highest BCUT2D eigenvalue weighted by Gasteiger charge is 2.26. The minimum Gasteiger partial charge on any atom is -0.368 e. The van der Waals surface area contributed by atoms with Gasteiger partial charge in [-0.2, -0.15) is 4.98 Å². The molecule has 0 aliphatic rings. The SMILES string of the molecule is CCCCC(C)(CNC(C)=O)Nc1nc(N)nc2cc(CC)cnc12. The van der Waals surface area contributed by atoms with Crippen molar-refractivity contribution >= 4 is 28.7 Å². The van der Waals surface area contributed by atoms with Crippen LogP contribution in [0.3, 0.4) is 0 Å². The zero-order chi connectivity index (χ0) is 18.4. The van der Waals surface area contributed by atoms with Crippen LogP contribution in [0.4, 0.5) is 11.8 Å². The van der Waals surface area contributed by atoms with Crippen molar-refractivity contribution in [2.24, 2.45) is 0 Å². The molecule has 0 bridgehead atoms. The Morgan fingerprint density at radius 2 is 2.08 bits per heavy atom. The summed E-state index contributed by atoms with van der Waals surface area (Å²) in [6, 6.07) is 1.99. The van der Waals surface area contributed by atoms with Crippen molar-refractivity contribution in [2.45, 2.75) is 58.9 Å². The maximum Gasteiger partial charge on any atom is 0.222 e. The second-order valence-electron chi connectivity index (χ2n) is 6.69. The number of nitrogens with zero attached hydrogens (tertiary/aromatic N) is 3. The predicted octanol–water partition coefficient (Wildman–Crippen LogP) is 2.67. The highest BCUT2D eigenvalue weighted by atomic mass is 16.1. The molecule has 2 aromatic rings. The van der Waals surface area contributed by atoms with E-state index in [1.165, 1.54) is 6.92 Å². The van der Waals surface area contributed by atoms with Gasteiger partial charge in [-0.1, -0.05) is 26.7 Å². The van der Waals surface area contributed by atoms with Crippen LogP contribution < -0.4 is 16.4 Å². The molecule has 0 aliphatic carbocycles. The van der Waals surface area contributed by atoms with Gasteiger partial charge in [0.15, 0.2) is 5.82 Å². The maximum absolute atomic E-state index is 11.4. The molecule has 0 spiro atoms. The summed E-state index contributed by atoms with van der Waals surface area (Å²) >= 11 is 0. The molecule has 0 saturated carbocycles. The number of nitrogen functional groups attached to an aromatic ring is 1. The number of unbranched alkanes of at least 4 members (excludes halogenated alkanes) is 1. The van der Waals surface area contributed by atoms with Crippen LogP contribution in [-0.4, -0.2) is 32.9 Å². The number of nitrogens with two attached hydrogens (primary N) is 1. The molecule has 2 rings (SSSR count).